The molecular weight excluding hydrogens is 374 g/mol. The topological polar surface area (TPSA) is 65.4 Å². The lowest BCUT2D eigenvalue weighted by Gasteiger charge is -2.15. The average molecular weight is 392 g/mol. The number of ether oxygens (including phenoxy) is 1. The Labute approximate surface area is 156 Å². The third kappa shape index (κ3) is 3.34. The summed E-state index contributed by atoms with van der Waals surface area (Å²) in [6.07, 6.45) is 2.83. The van der Waals surface area contributed by atoms with Crippen molar-refractivity contribution in [1.82, 2.24) is 4.57 Å². The second-order valence-corrected chi connectivity index (χ2v) is 8.46. The number of hydrogen-bond donors (Lipinski definition) is 0. The average Bonchev–Trinajstić information content (AvgIpc) is 2.58. The van der Waals surface area contributed by atoms with Gasteiger partial charge in [0.25, 0.3) is 5.56 Å². The van der Waals surface area contributed by atoms with E-state index in [2.05, 4.69) is 0 Å². The molecule has 0 fully saturated rings. The van der Waals surface area contributed by atoms with Crippen LogP contribution in [0.5, 0.6) is 5.75 Å². The molecule has 0 N–H and O–H groups in total. The highest BCUT2D eigenvalue weighted by atomic mass is 35.5. The molecule has 2 aromatic carbocycles. The Bertz CT molecular complexity index is 1170. The largest absolute Gasteiger partial charge is 0.493 e. The van der Waals surface area contributed by atoms with Gasteiger partial charge in [-0.1, -0.05) is 11.6 Å². The van der Waals surface area contributed by atoms with Gasteiger partial charge in [-0.25, -0.2) is 8.42 Å². The summed E-state index contributed by atoms with van der Waals surface area (Å²) in [5, 5.41) is 1.64. The van der Waals surface area contributed by atoms with Gasteiger partial charge in [0.1, 0.15) is 5.75 Å². The number of fused-ring (bicyclic) bond motifs is 1. The number of halogens is 1. The second kappa shape index (κ2) is 6.78. The number of pyridine rings is 1. The first-order valence-electron chi connectivity index (χ1n) is 7.98. The van der Waals surface area contributed by atoms with E-state index in [1.54, 1.807) is 43.6 Å². The van der Waals surface area contributed by atoms with E-state index in [-0.39, 0.29) is 10.5 Å². The standard InChI is InChI=1S/C19H18ClNO4S/c1-4-25-18-8-6-13(26(3,23)24)10-16(18)17-11-21(2)19(22)14-7-5-12(20)9-15(14)17/h5-11H,4H2,1-3H3. The molecule has 26 heavy (non-hydrogen) atoms. The molecule has 3 rings (SSSR count). The number of nitrogens with zero attached hydrogens (tertiary/aromatic N) is 1. The van der Waals surface area contributed by atoms with Gasteiger partial charge in [-0.05, 0) is 48.7 Å². The number of aromatic nitrogens is 1. The lowest BCUT2D eigenvalue weighted by atomic mass is 10.00. The quantitative estimate of drug-likeness (QED) is 0.680. The SMILES string of the molecule is CCOc1ccc(S(C)(=O)=O)cc1-c1cn(C)c(=O)c2ccc(Cl)cc12. The van der Waals surface area contributed by atoms with Gasteiger partial charge >= 0.3 is 0 Å². The fraction of sp³-hybridized carbons (Fsp3) is 0.211. The molecular formula is C19H18ClNO4S. The monoisotopic (exact) mass is 391 g/mol. The van der Waals surface area contributed by atoms with Crippen LogP contribution >= 0.6 is 11.6 Å². The zero-order valence-corrected chi connectivity index (χ0v) is 16.2. The highest BCUT2D eigenvalue weighted by molar-refractivity contribution is 7.90. The van der Waals surface area contributed by atoms with Crippen molar-refractivity contribution in [3.63, 3.8) is 0 Å². The maximum atomic E-state index is 12.5. The van der Waals surface area contributed by atoms with Crippen LogP contribution in [0.2, 0.25) is 5.02 Å². The molecule has 0 aliphatic rings. The van der Waals surface area contributed by atoms with Crippen LogP contribution in [0.15, 0.2) is 52.3 Å². The van der Waals surface area contributed by atoms with Crippen molar-refractivity contribution in [1.29, 1.82) is 0 Å². The van der Waals surface area contributed by atoms with Crippen LogP contribution in [-0.2, 0) is 16.9 Å². The Morgan fingerprint density at radius 2 is 1.81 bits per heavy atom. The van der Waals surface area contributed by atoms with Gasteiger partial charge in [0.15, 0.2) is 9.84 Å². The van der Waals surface area contributed by atoms with Crippen molar-refractivity contribution in [2.75, 3.05) is 12.9 Å². The summed E-state index contributed by atoms with van der Waals surface area (Å²) in [5.74, 6) is 0.542. The normalized spacial score (nSPS) is 11.7. The lowest BCUT2D eigenvalue weighted by molar-refractivity contribution is 0.341. The van der Waals surface area contributed by atoms with Crippen molar-refractivity contribution < 1.29 is 13.2 Å². The number of sulfone groups is 1. The summed E-state index contributed by atoms with van der Waals surface area (Å²) >= 11 is 6.14. The predicted molar refractivity (Wildman–Crippen MR) is 104 cm³/mol. The zero-order chi connectivity index (χ0) is 19.1. The van der Waals surface area contributed by atoms with Gasteiger partial charge in [0.2, 0.25) is 0 Å². The van der Waals surface area contributed by atoms with Gasteiger partial charge < -0.3 is 9.30 Å². The van der Waals surface area contributed by atoms with Crippen LogP contribution in [0.1, 0.15) is 6.92 Å². The fourth-order valence-corrected chi connectivity index (χ4v) is 3.70. The molecule has 0 radical (unpaired) electrons. The molecule has 136 valence electrons. The van der Waals surface area contributed by atoms with Crippen molar-refractivity contribution >= 4 is 32.2 Å². The van der Waals surface area contributed by atoms with Crippen molar-refractivity contribution in [2.24, 2.45) is 7.05 Å². The van der Waals surface area contributed by atoms with Gasteiger partial charge in [-0.3, -0.25) is 4.79 Å². The first-order valence-corrected chi connectivity index (χ1v) is 10.3. The van der Waals surface area contributed by atoms with E-state index in [0.717, 1.165) is 6.26 Å². The lowest BCUT2D eigenvalue weighted by Crippen LogP contribution is -2.16. The van der Waals surface area contributed by atoms with Crippen LogP contribution in [0.25, 0.3) is 21.9 Å². The molecule has 5 nitrogen and oxygen atoms in total. The predicted octanol–water partition coefficient (Wildman–Crippen LogP) is 3.66. The third-order valence-corrected chi connectivity index (χ3v) is 5.46. The Hall–Kier alpha value is -2.31. The Kier molecular flexibility index (Phi) is 4.82. The van der Waals surface area contributed by atoms with Crippen LogP contribution in [-0.4, -0.2) is 25.8 Å². The summed E-state index contributed by atoms with van der Waals surface area (Å²) in [4.78, 5) is 12.6. The molecule has 0 aliphatic heterocycles. The number of rotatable bonds is 4. The minimum absolute atomic E-state index is 0.155. The van der Waals surface area contributed by atoms with Crippen molar-refractivity contribution in [3.05, 3.63) is 58.0 Å². The first-order chi connectivity index (χ1) is 12.2. The summed E-state index contributed by atoms with van der Waals surface area (Å²) in [6.45, 7) is 2.28. The van der Waals surface area contributed by atoms with Gasteiger partial charge in [-0.2, -0.15) is 0 Å². The molecule has 0 spiro atoms. The van der Waals surface area contributed by atoms with Crippen molar-refractivity contribution in [3.8, 4) is 16.9 Å². The van der Waals surface area contributed by atoms with E-state index >= 15 is 0 Å². The molecule has 0 amide bonds. The first kappa shape index (κ1) is 18.5. The molecule has 1 aromatic heterocycles. The van der Waals surface area contributed by atoms with Crippen LogP contribution < -0.4 is 10.3 Å². The summed E-state index contributed by atoms with van der Waals surface area (Å²) < 4.78 is 31.2. The highest BCUT2D eigenvalue weighted by Gasteiger charge is 2.17. The van der Waals surface area contributed by atoms with Crippen LogP contribution in [0.4, 0.5) is 0 Å². The molecule has 1 heterocycles. The molecule has 0 unspecified atom stereocenters. The maximum absolute atomic E-state index is 12.5. The molecule has 0 saturated heterocycles. The Morgan fingerprint density at radius 1 is 1.08 bits per heavy atom. The molecule has 3 aromatic rings. The maximum Gasteiger partial charge on any atom is 0.258 e. The van der Waals surface area contributed by atoms with E-state index in [1.807, 2.05) is 6.92 Å². The van der Waals surface area contributed by atoms with E-state index in [9.17, 15) is 13.2 Å². The third-order valence-electron chi connectivity index (χ3n) is 4.11. The molecule has 7 heteroatoms. The van der Waals surface area contributed by atoms with Gasteiger partial charge in [-0.15, -0.1) is 0 Å². The minimum atomic E-state index is -3.39. The summed E-state index contributed by atoms with van der Waals surface area (Å²) in [5.41, 5.74) is 1.12. The highest BCUT2D eigenvalue weighted by Crippen LogP contribution is 2.36. The number of hydrogen-bond acceptors (Lipinski definition) is 4. The smallest absolute Gasteiger partial charge is 0.258 e. The van der Waals surface area contributed by atoms with E-state index in [1.165, 1.54) is 10.6 Å². The van der Waals surface area contributed by atoms with Crippen LogP contribution in [0, 0.1) is 0 Å². The minimum Gasteiger partial charge on any atom is -0.493 e. The van der Waals surface area contributed by atoms with Crippen LogP contribution in [0.3, 0.4) is 0 Å². The molecule has 0 saturated carbocycles. The van der Waals surface area contributed by atoms with Gasteiger partial charge in [0.05, 0.1) is 11.5 Å². The molecule has 0 atom stereocenters. The second-order valence-electron chi connectivity index (χ2n) is 6.01. The van der Waals surface area contributed by atoms with E-state index in [4.69, 9.17) is 16.3 Å². The number of aryl methyl sites for hydroxylation is 1. The summed E-state index contributed by atoms with van der Waals surface area (Å²) in [7, 11) is -1.74. The molecule has 0 aliphatic carbocycles. The zero-order valence-electron chi connectivity index (χ0n) is 14.6. The van der Waals surface area contributed by atoms with Crippen molar-refractivity contribution in [2.45, 2.75) is 11.8 Å². The van der Waals surface area contributed by atoms with E-state index in [0.29, 0.717) is 39.3 Å². The van der Waals surface area contributed by atoms with Gasteiger partial charge in [0, 0.05) is 41.0 Å². The van der Waals surface area contributed by atoms with E-state index < -0.39 is 9.84 Å². The molecule has 0 bridgehead atoms. The fourth-order valence-electron chi connectivity index (χ4n) is 2.88. The number of benzene rings is 2. The Morgan fingerprint density at radius 3 is 2.46 bits per heavy atom. The summed E-state index contributed by atoms with van der Waals surface area (Å²) in [6, 6.07) is 9.75. The Balaban J connectivity index is 2.44.